The number of rotatable bonds is 4. The molecular weight excluding hydrogens is 318 g/mol. The van der Waals surface area contributed by atoms with Crippen LogP contribution in [-0.4, -0.2) is 31.8 Å². The maximum Gasteiger partial charge on any atom is 0.265 e. The SMILES string of the molecule is Cc1ccccc1OCC#CCNC(=O)C1COc2ccccc2O1. The lowest BCUT2D eigenvalue weighted by Crippen LogP contribution is -2.44. The summed E-state index contributed by atoms with van der Waals surface area (Å²) in [5.74, 6) is 7.53. The smallest absolute Gasteiger partial charge is 0.265 e. The highest BCUT2D eigenvalue weighted by atomic mass is 16.6. The van der Waals surface area contributed by atoms with Crippen LogP contribution >= 0.6 is 0 Å². The van der Waals surface area contributed by atoms with E-state index in [1.807, 2.05) is 49.4 Å². The molecule has 0 bridgehead atoms. The van der Waals surface area contributed by atoms with Gasteiger partial charge in [0.05, 0.1) is 6.54 Å². The summed E-state index contributed by atoms with van der Waals surface area (Å²) in [6.45, 7) is 2.68. The first-order chi connectivity index (χ1) is 12.2. The summed E-state index contributed by atoms with van der Waals surface area (Å²) < 4.78 is 16.7. The van der Waals surface area contributed by atoms with Crippen molar-refractivity contribution in [2.75, 3.05) is 19.8 Å². The van der Waals surface area contributed by atoms with Crippen LogP contribution in [-0.2, 0) is 4.79 Å². The average molecular weight is 337 g/mol. The zero-order valence-corrected chi connectivity index (χ0v) is 14.0. The zero-order valence-electron chi connectivity index (χ0n) is 14.0. The fraction of sp³-hybridized carbons (Fsp3) is 0.250. The van der Waals surface area contributed by atoms with Crippen molar-refractivity contribution in [3.05, 3.63) is 54.1 Å². The number of fused-ring (bicyclic) bond motifs is 1. The Hall–Kier alpha value is -3.13. The molecule has 1 amide bonds. The van der Waals surface area contributed by atoms with E-state index in [1.54, 1.807) is 6.07 Å². The van der Waals surface area contributed by atoms with Gasteiger partial charge in [-0.1, -0.05) is 42.2 Å². The summed E-state index contributed by atoms with van der Waals surface area (Å²) in [6.07, 6.45) is -0.667. The van der Waals surface area contributed by atoms with E-state index in [4.69, 9.17) is 14.2 Å². The third-order valence-electron chi connectivity index (χ3n) is 3.67. The Kier molecular flexibility index (Phi) is 5.43. The lowest BCUT2D eigenvalue weighted by molar-refractivity contribution is -0.130. The molecule has 0 saturated heterocycles. The van der Waals surface area contributed by atoms with Crippen molar-refractivity contribution < 1.29 is 19.0 Å². The molecule has 1 unspecified atom stereocenters. The van der Waals surface area contributed by atoms with Crippen LogP contribution in [0, 0.1) is 18.8 Å². The zero-order chi connectivity index (χ0) is 17.5. The summed E-state index contributed by atoms with van der Waals surface area (Å²) in [5.41, 5.74) is 1.06. The molecule has 0 saturated carbocycles. The minimum atomic E-state index is -0.667. The molecule has 5 heteroatoms. The van der Waals surface area contributed by atoms with E-state index in [2.05, 4.69) is 17.2 Å². The number of benzene rings is 2. The lowest BCUT2D eigenvalue weighted by Gasteiger charge is -2.25. The van der Waals surface area contributed by atoms with E-state index < -0.39 is 6.10 Å². The first kappa shape index (κ1) is 16.7. The average Bonchev–Trinajstić information content (AvgIpc) is 2.65. The highest BCUT2D eigenvalue weighted by Crippen LogP contribution is 2.30. The molecule has 1 N–H and O–H groups in total. The molecule has 128 valence electrons. The van der Waals surface area contributed by atoms with Gasteiger partial charge >= 0.3 is 0 Å². The number of ether oxygens (including phenoxy) is 3. The molecule has 1 aliphatic rings. The molecule has 0 spiro atoms. The Morgan fingerprint density at radius 3 is 2.76 bits per heavy atom. The third-order valence-corrected chi connectivity index (χ3v) is 3.67. The van der Waals surface area contributed by atoms with Crippen LogP contribution in [0.5, 0.6) is 17.2 Å². The van der Waals surface area contributed by atoms with Crippen LogP contribution in [0.1, 0.15) is 5.56 Å². The Morgan fingerprint density at radius 1 is 1.16 bits per heavy atom. The van der Waals surface area contributed by atoms with Crippen molar-refractivity contribution in [3.8, 4) is 29.1 Å². The van der Waals surface area contributed by atoms with Gasteiger partial charge in [-0.3, -0.25) is 4.79 Å². The van der Waals surface area contributed by atoms with E-state index in [0.29, 0.717) is 11.5 Å². The molecule has 2 aromatic carbocycles. The quantitative estimate of drug-likeness (QED) is 0.870. The van der Waals surface area contributed by atoms with E-state index in [0.717, 1.165) is 11.3 Å². The summed E-state index contributed by atoms with van der Waals surface area (Å²) in [7, 11) is 0. The monoisotopic (exact) mass is 337 g/mol. The number of para-hydroxylation sites is 3. The Balaban J connectivity index is 1.41. The van der Waals surface area contributed by atoms with Gasteiger partial charge in [0, 0.05) is 0 Å². The predicted molar refractivity (Wildman–Crippen MR) is 93.8 cm³/mol. The molecule has 2 aromatic rings. The second-order valence-corrected chi connectivity index (χ2v) is 5.49. The summed E-state index contributed by atoms with van der Waals surface area (Å²) in [6, 6.07) is 15.0. The van der Waals surface area contributed by atoms with Crippen LogP contribution in [0.25, 0.3) is 0 Å². The number of carbonyl (C=O) groups is 1. The first-order valence-electron chi connectivity index (χ1n) is 8.04. The number of carbonyl (C=O) groups excluding carboxylic acids is 1. The van der Waals surface area contributed by atoms with Crippen LogP contribution in [0.2, 0.25) is 0 Å². The van der Waals surface area contributed by atoms with Crippen molar-refractivity contribution in [2.24, 2.45) is 0 Å². The van der Waals surface area contributed by atoms with Gasteiger partial charge in [0.25, 0.3) is 5.91 Å². The van der Waals surface area contributed by atoms with Crippen molar-refractivity contribution >= 4 is 5.91 Å². The maximum atomic E-state index is 12.1. The van der Waals surface area contributed by atoms with E-state index in [9.17, 15) is 4.79 Å². The van der Waals surface area contributed by atoms with Gasteiger partial charge in [-0.25, -0.2) is 0 Å². The van der Waals surface area contributed by atoms with Crippen molar-refractivity contribution in [1.82, 2.24) is 5.32 Å². The van der Waals surface area contributed by atoms with Crippen molar-refractivity contribution in [3.63, 3.8) is 0 Å². The van der Waals surface area contributed by atoms with Gasteiger partial charge < -0.3 is 19.5 Å². The molecule has 0 fully saturated rings. The minimum absolute atomic E-state index is 0.187. The van der Waals surface area contributed by atoms with Crippen molar-refractivity contribution in [1.29, 1.82) is 0 Å². The van der Waals surface area contributed by atoms with Gasteiger partial charge in [-0.05, 0) is 30.7 Å². The normalized spacial score (nSPS) is 14.8. The standard InChI is InChI=1S/C20H19NO4/c1-15-8-2-3-9-16(15)23-13-7-6-12-21-20(22)19-14-24-17-10-4-5-11-18(17)25-19/h2-5,8-11,19H,12-14H2,1H3,(H,21,22). The second kappa shape index (κ2) is 8.11. The van der Waals surface area contributed by atoms with E-state index in [1.165, 1.54) is 0 Å². The van der Waals surface area contributed by atoms with Gasteiger partial charge in [0.2, 0.25) is 6.10 Å². The van der Waals surface area contributed by atoms with Crippen LogP contribution < -0.4 is 19.5 Å². The topological polar surface area (TPSA) is 56.8 Å². The number of hydrogen-bond donors (Lipinski definition) is 1. The first-order valence-corrected chi connectivity index (χ1v) is 8.04. The molecule has 3 rings (SSSR count). The van der Waals surface area contributed by atoms with Gasteiger partial charge in [-0.2, -0.15) is 0 Å². The molecule has 25 heavy (non-hydrogen) atoms. The summed E-state index contributed by atoms with van der Waals surface area (Å²) in [4.78, 5) is 12.1. The molecule has 0 aromatic heterocycles. The Morgan fingerprint density at radius 2 is 1.92 bits per heavy atom. The predicted octanol–water partition coefficient (Wildman–Crippen LogP) is 2.33. The van der Waals surface area contributed by atoms with Crippen LogP contribution in [0.4, 0.5) is 0 Å². The molecule has 1 aliphatic heterocycles. The largest absolute Gasteiger partial charge is 0.485 e. The lowest BCUT2D eigenvalue weighted by atomic mass is 10.2. The maximum absolute atomic E-state index is 12.1. The molecule has 1 atom stereocenters. The minimum Gasteiger partial charge on any atom is -0.485 e. The second-order valence-electron chi connectivity index (χ2n) is 5.49. The van der Waals surface area contributed by atoms with Crippen LogP contribution in [0.3, 0.4) is 0 Å². The number of amides is 1. The molecular formula is C20H19NO4. The van der Waals surface area contributed by atoms with Gasteiger partial charge in [0.15, 0.2) is 11.5 Å². The fourth-order valence-electron chi connectivity index (χ4n) is 2.34. The van der Waals surface area contributed by atoms with Gasteiger partial charge in [-0.15, -0.1) is 0 Å². The highest BCUT2D eigenvalue weighted by Gasteiger charge is 2.26. The third kappa shape index (κ3) is 4.45. The molecule has 1 heterocycles. The Bertz CT molecular complexity index is 807. The molecule has 0 aliphatic carbocycles. The van der Waals surface area contributed by atoms with Crippen LogP contribution in [0.15, 0.2) is 48.5 Å². The van der Waals surface area contributed by atoms with E-state index >= 15 is 0 Å². The summed E-state index contributed by atoms with van der Waals surface area (Å²) in [5, 5.41) is 2.72. The van der Waals surface area contributed by atoms with Crippen molar-refractivity contribution in [2.45, 2.75) is 13.0 Å². The highest BCUT2D eigenvalue weighted by molar-refractivity contribution is 5.82. The van der Waals surface area contributed by atoms with E-state index in [-0.39, 0.29) is 25.7 Å². The molecule has 5 nitrogen and oxygen atoms in total. The number of hydrogen-bond acceptors (Lipinski definition) is 4. The fourth-order valence-corrected chi connectivity index (χ4v) is 2.34. The number of aryl methyl sites for hydroxylation is 1. The Labute approximate surface area is 146 Å². The van der Waals surface area contributed by atoms with Gasteiger partial charge in [0.1, 0.15) is 19.0 Å². The molecule has 0 radical (unpaired) electrons. The summed E-state index contributed by atoms with van der Waals surface area (Å²) >= 11 is 0. The number of nitrogens with one attached hydrogen (secondary N) is 1.